The highest BCUT2D eigenvalue weighted by Gasteiger charge is 2.47. The Kier molecular flexibility index (Phi) is 4.99. The number of benzene rings is 2. The molecule has 0 spiro atoms. The van der Waals surface area contributed by atoms with Crippen LogP contribution in [0.25, 0.3) is 10.9 Å². The van der Waals surface area contributed by atoms with E-state index in [1.807, 2.05) is 60.0 Å². The van der Waals surface area contributed by atoms with Crippen LogP contribution in [0.1, 0.15) is 35.8 Å². The molecule has 2 unspecified atom stereocenters. The SMILES string of the molecule is CC1(C(=O)NCC2CCCO2)Cn2c(cc3ccccc32)C(=O)N1Cc1ccc2c(c1)OCO2. The van der Waals surface area contributed by atoms with E-state index in [0.717, 1.165) is 35.9 Å². The predicted molar refractivity (Wildman–Crippen MR) is 125 cm³/mol. The molecule has 176 valence electrons. The molecule has 0 aliphatic carbocycles. The third-order valence-corrected chi connectivity index (χ3v) is 7.12. The van der Waals surface area contributed by atoms with Gasteiger partial charge in [0.05, 0.1) is 12.6 Å². The maximum atomic E-state index is 13.8. The summed E-state index contributed by atoms with van der Waals surface area (Å²) in [5.74, 6) is 0.988. The second-order valence-corrected chi connectivity index (χ2v) is 9.37. The van der Waals surface area contributed by atoms with Crippen LogP contribution in [-0.4, -0.2) is 52.9 Å². The number of carbonyl (C=O) groups is 2. The molecule has 3 aliphatic rings. The molecular formula is C26H27N3O5. The molecular weight excluding hydrogens is 434 g/mol. The van der Waals surface area contributed by atoms with Gasteiger partial charge in [0, 0.05) is 30.6 Å². The molecule has 4 heterocycles. The van der Waals surface area contributed by atoms with Gasteiger partial charge in [0.1, 0.15) is 11.2 Å². The Morgan fingerprint density at radius 3 is 2.85 bits per heavy atom. The Balaban J connectivity index is 1.36. The van der Waals surface area contributed by atoms with Crippen molar-refractivity contribution in [3.63, 3.8) is 0 Å². The van der Waals surface area contributed by atoms with Crippen molar-refractivity contribution < 1.29 is 23.8 Å². The first kappa shape index (κ1) is 21.0. The van der Waals surface area contributed by atoms with E-state index < -0.39 is 5.54 Å². The zero-order chi connectivity index (χ0) is 23.3. The lowest BCUT2D eigenvalue weighted by atomic mass is 9.93. The second-order valence-electron chi connectivity index (χ2n) is 9.37. The van der Waals surface area contributed by atoms with Gasteiger partial charge in [0.25, 0.3) is 5.91 Å². The fourth-order valence-corrected chi connectivity index (χ4v) is 5.18. The summed E-state index contributed by atoms with van der Waals surface area (Å²) in [5.41, 5.74) is 1.33. The van der Waals surface area contributed by atoms with Gasteiger partial charge in [-0.25, -0.2) is 0 Å². The summed E-state index contributed by atoms with van der Waals surface area (Å²) in [6.45, 7) is 3.85. The first-order chi connectivity index (χ1) is 16.5. The molecule has 3 aliphatic heterocycles. The van der Waals surface area contributed by atoms with Crippen LogP contribution in [0.2, 0.25) is 0 Å². The lowest BCUT2D eigenvalue weighted by Gasteiger charge is -2.44. The fraction of sp³-hybridized carbons (Fsp3) is 0.385. The molecule has 34 heavy (non-hydrogen) atoms. The normalized spacial score (nSPS) is 23.4. The molecule has 1 N–H and O–H groups in total. The van der Waals surface area contributed by atoms with Crippen LogP contribution in [0.4, 0.5) is 0 Å². The number of rotatable bonds is 5. The number of hydrogen-bond acceptors (Lipinski definition) is 5. The summed E-state index contributed by atoms with van der Waals surface area (Å²) < 4.78 is 18.6. The molecule has 0 saturated carbocycles. The van der Waals surface area contributed by atoms with Crippen LogP contribution in [-0.2, 0) is 22.6 Å². The molecule has 8 nitrogen and oxygen atoms in total. The lowest BCUT2D eigenvalue weighted by Crippen LogP contribution is -2.64. The fourth-order valence-electron chi connectivity index (χ4n) is 5.18. The molecule has 3 aromatic rings. The Morgan fingerprint density at radius 2 is 2.00 bits per heavy atom. The van der Waals surface area contributed by atoms with Gasteiger partial charge in [-0.3, -0.25) is 9.59 Å². The zero-order valence-electron chi connectivity index (χ0n) is 19.1. The Bertz CT molecular complexity index is 1280. The van der Waals surface area contributed by atoms with Crippen LogP contribution in [0.3, 0.4) is 0 Å². The van der Waals surface area contributed by atoms with Gasteiger partial charge in [-0.15, -0.1) is 0 Å². The van der Waals surface area contributed by atoms with E-state index in [1.165, 1.54) is 0 Å². The summed E-state index contributed by atoms with van der Waals surface area (Å²) in [6, 6.07) is 15.4. The summed E-state index contributed by atoms with van der Waals surface area (Å²) in [7, 11) is 0. The molecule has 0 radical (unpaired) electrons. The van der Waals surface area contributed by atoms with E-state index in [2.05, 4.69) is 5.32 Å². The smallest absolute Gasteiger partial charge is 0.271 e. The lowest BCUT2D eigenvalue weighted by molar-refractivity contribution is -0.133. The van der Waals surface area contributed by atoms with Crippen molar-refractivity contribution in [2.45, 2.75) is 44.5 Å². The maximum Gasteiger partial charge on any atom is 0.271 e. The van der Waals surface area contributed by atoms with Gasteiger partial charge in [0.2, 0.25) is 12.7 Å². The minimum Gasteiger partial charge on any atom is -0.454 e. The third-order valence-electron chi connectivity index (χ3n) is 7.12. The monoisotopic (exact) mass is 461 g/mol. The van der Waals surface area contributed by atoms with Gasteiger partial charge in [0.15, 0.2) is 11.5 Å². The summed E-state index contributed by atoms with van der Waals surface area (Å²) in [4.78, 5) is 29.2. The van der Waals surface area contributed by atoms with Crippen molar-refractivity contribution in [3.05, 3.63) is 59.8 Å². The minimum atomic E-state index is -1.08. The van der Waals surface area contributed by atoms with E-state index >= 15 is 0 Å². The van der Waals surface area contributed by atoms with Gasteiger partial charge >= 0.3 is 0 Å². The number of para-hydroxylation sites is 1. The number of hydrogen-bond donors (Lipinski definition) is 1. The topological polar surface area (TPSA) is 82.0 Å². The van der Waals surface area contributed by atoms with Crippen molar-refractivity contribution in [2.24, 2.45) is 0 Å². The first-order valence-corrected chi connectivity index (χ1v) is 11.7. The number of aromatic nitrogens is 1. The average molecular weight is 462 g/mol. The van der Waals surface area contributed by atoms with Gasteiger partial charge in [-0.2, -0.15) is 0 Å². The zero-order valence-corrected chi connectivity index (χ0v) is 19.1. The third kappa shape index (κ3) is 3.40. The first-order valence-electron chi connectivity index (χ1n) is 11.7. The van der Waals surface area contributed by atoms with Crippen LogP contribution in [0.5, 0.6) is 11.5 Å². The summed E-state index contributed by atoms with van der Waals surface area (Å²) >= 11 is 0. The van der Waals surface area contributed by atoms with Crippen LogP contribution < -0.4 is 14.8 Å². The highest BCUT2D eigenvalue weighted by Crippen LogP contribution is 2.36. The van der Waals surface area contributed by atoms with Crippen molar-refractivity contribution in [3.8, 4) is 11.5 Å². The van der Waals surface area contributed by atoms with Crippen LogP contribution >= 0.6 is 0 Å². The second kappa shape index (κ2) is 8.06. The number of fused-ring (bicyclic) bond motifs is 4. The molecule has 6 rings (SSSR count). The highest BCUT2D eigenvalue weighted by atomic mass is 16.7. The Morgan fingerprint density at radius 1 is 1.15 bits per heavy atom. The Hall–Kier alpha value is -3.52. The summed E-state index contributed by atoms with van der Waals surface area (Å²) in [6.07, 6.45) is 1.96. The summed E-state index contributed by atoms with van der Waals surface area (Å²) in [5, 5.41) is 4.05. The minimum absolute atomic E-state index is 0.0251. The van der Waals surface area contributed by atoms with Gasteiger partial charge in [-0.05, 0) is 49.6 Å². The molecule has 1 fully saturated rings. The largest absolute Gasteiger partial charge is 0.454 e. The van der Waals surface area contributed by atoms with E-state index in [4.69, 9.17) is 14.2 Å². The van der Waals surface area contributed by atoms with Crippen molar-refractivity contribution in [2.75, 3.05) is 19.9 Å². The molecule has 8 heteroatoms. The van der Waals surface area contributed by atoms with E-state index in [-0.39, 0.29) is 31.3 Å². The number of carbonyl (C=O) groups excluding carboxylic acids is 2. The van der Waals surface area contributed by atoms with Gasteiger partial charge < -0.3 is 29.0 Å². The number of amides is 2. The molecule has 1 saturated heterocycles. The van der Waals surface area contributed by atoms with Crippen LogP contribution in [0, 0.1) is 0 Å². The number of ether oxygens (including phenoxy) is 3. The predicted octanol–water partition coefficient (Wildman–Crippen LogP) is 3.08. The molecule has 2 atom stereocenters. The van der Waals surface area contributed by atoms with Crippen molar-refractivity contribution in [1.82, 2.24) is 14.8 Å². The molecule has 1 aromatic heterocycles. The molecule has 2 aromatic carbocycles. The van der Waals surface area contributed by atoms with Crippen molar-refractivity contribution in [1.29, 1.82) is 0 Å². The number of nitrogens with one attached hydrogen (secondary N) is 1. The highest BCUT2D eigenvalue weighted by molar-refractivity contribution is 6.03. The van der Waals surface area contributed by atoms with Gasteiger partial charge in [-0.1, -0.05) is 24.3 Å². The van der Waals surface area contributed by atoms with E-state index in [0.29, 0.717) is 30.3 Å². The molecule has 0 bridgehead atoms. The number of nitrogens with zero attached hydrogens (tertiary/aromatic N) is 2. The van der Waals surface area contributed by atoms with Crippen molar-refractivity contribution >= 4 is 22.7 Å². The average Bonchev–Trinajstić information content (AvgIpc) is 3.60. The van der Waals surface area contributed by atoms with E-state index in [1.54, 1.807) is 4.90 Å². The molecule has 2 amide bonds. The van der Waals surface area contributed by atoms with E-state index in [9.17, 15) is 9.59 Å². The van der Waals surface area contributed by atoms with Crippen LogP contribution in [0.15, 0.2) is 48.5 Å². The standard InChI is InChI=1S/C26H27N3O5/c1-26(25(31)27-13-19-6-4-10-32-19)15-28-20-7-3-2-5-18(20)12-21(28)24(30)29(26)14-17-8-9-22-23(11-17)34-16-33-22/h2-3,5,7-9,11-12,19H,4,6,10,13-16H2,1H3,(H,27,31). The Labute approximate surface area is 197 Å². The maximum absolute atomic E-state index is 13.8. The quantitative estimate of drug-likeness (QED) is 0.632.